The van der Waals surface area contributed by atoms with Crippen molar-refractivity contribution in [2.24, 2.45) is 0 Å². The number of pyridine rings is 1. The number of para-hydroxylation sites is 3. The van der Waals surface area contributed by atoms with Gasteiger partial charge in [-0.15, -0.1) is 0 Å². The molecule has 0 saturated carbocycles. The van der Waals surface area contributed by atoms with Gasteiger partial charge in [-0.1, -0.05) is 60.7 Å². The van der Waals surface area contributed by atoms with Gasteiger partial charge in [0.25, 0.3) is 0 Å². The molecule has 5 heteroatoms. The van der Waals surface area contributed by atoms with Gasteiger partial charge in [-0.2, -0.15) is 4.98 Å². The van der Waals surface area contributed by atoms with Crippen molar-refractivity contribution in [1.29, 1.82) is 0 Å². The molecule has 0 saturated heterocycles. The average molecular weight is 438 g/mol. The van der Waals surface area contributed by atoms with Crippen LogP contribution in [-0.2, 0) is 0 Å². The van der Waals surface area contributed by atoms with Gasteiger partial charge in [-0.05, 0) is 42.5 Å². The van der Waals surface area contributed by atoms with E-state index in [1.165, 1.54) is 10.8 Å². The minimum absolute atomic E-state index is 0.626. The van der Waals surface area contributed by atoms with Gasteiger partial charge in [0.1, 0.15) is 5.69 Å². The Labute approximate surface area is 195 Å². The van der Waals surface area contributed by atoms with Gasteiger partial charge in [-0.3, -0.25) is 9.55 Å². The lowest BCUT2D eigenvalue weighted by molar-refractivity contribution is 0.986. The molecule has 0 radical (unpaired) electrons. The Hall–Kier alpha value is -4.77. The molecule has 0 spiro atoms. The quantitative estimate of drug-likeness (QED) is 0.314. The molecule has 0 fully saturated rings. The summed E-state index contributed by atoms with van der Waals surface area (Å²) in [5.41, 5.74) is 5.69. The summed E-state index contributed by atoms with van der Waals surface area (Å²) in [7, 11) is 0. The second kappa shape index (κ2) is 7.39. The third-order valence-corrected chi connectivity index (χ3v) is 6.25. The Morgan fingerprint density at radius 1 is 0.559 bits per heavy atom. The third kappa shape index (κ3) is 2.77. The first-order valence-electron chi connectivity index (χ1n) is 11.2. The van der Waals surface area contributed by atoms with E-state index >= 15 is 0 Å². The molecule has 0 atom stereocenters. The maximum Gasteiger partial charge on any atom is 0.237 e. The average Bonchev–Trinajstić information content (AvgIpc) is 3.48. The standard InChI is InChI=1S/C29H19N5/c1-2-10-20(11-3-1)33-19-17-23-27(24-14-8-9-18-30-24)31-29(32-28(23)33)34-25-15-6-4-12-21(25)22-13-5-7-16-26(22)34/h1-19H. The van der Waals surface area contributed by atoms with Crippen molar-refractivity contribution in [3.8, 4) is 23.0 Å². The lowest BCUT2D eigenvalue weighted by Crippen LogP contribution is -2.05. The van der Waals surface area contributed by atoms with E-state index in [0.29, 0.717) is 5.95 Å². The predicted octanol–water partition coefficient (Wildman–Crippen LogP) is 6.58. The van der Waals surface area contributed by atoms with Crippen LogP contribution < -0.4 is 0 Å². The number of aromatic nitrogens is 5. The molecular formula is C29H19N5. The molecule has 0 amide bonds. The van der Waals surface area contributed by atoms with Crippen LogP contribution in [0.4, 0.5) is 0 Å². The molecule has 0 aliphatic heterocycles. The van der Waals surface area contributed by atoms with Gasteiger partial charge in [0.2, 0.25) is 5.95 Å². The van der Waals surface area contributed by atoms with Crippen LogP contribution in [-0.4, -0.2) is 24.1 Å². The molecule has 4 aromatic heterocycles. The van der Waals surface area contributed by atoms with E-state index in [2.05, 4.69) is 87.0 Å². The molecule has 160 valence electrons. The van der Waals surface area contributed by atoms with Crippen LogP contribution in [0, 0.1) is 0 Å². The minimum Gasteiger partial charge on any atom is -0.301 e. The lowest BCUT2D eigenvalue weighted by Gasteiger charge is -2.11. The van der Waals surface area contributed by atoms with Crippen LogP contribution in [0.1, 0.15) is 0 Å². The summed E-state index contributed by atoms with van der Waals surface area (Å²) in [5.74, 6) is 0.626. The minimum atomic E-state index is 0.626. The highest BCUT2D eigenvalue weighted by Gasteiger charge is 2.19. The van der Waals surface area contributed by atoms with Crippen molar-refractivity contribution in [3.05, 3.63) is 116 Å². The Bertz CT molecular complexity index is 1740. The summed E-state index contributed by atoms with van der Waals surface area (Å²) in [4.78, 5) is 14.8. The first-order valence-corrected chi connectivity index (χ1v) is 11.2. The maximum atomic E-state index is 5.13. The van der Waals surface area contributed by atoms with Crippen LogP contribution in [0.2, 0.25) is 0 Å². The molecule has 7 rings (SSSR count). The third-order valence-electron chi connectivity index (χ3n) is 6.25. The smallest absolute Gasteiger partial charge is 0.237 e. The molecule has 34 heavy (non-hydrogen) atoms. The van der Waals surface area contributed by atoms with Gasteiger partial charge >= 0.3 is 0 Å². The van der Waals surface area contributed by atoms with Crippen molar-refractivity contribution in [2.45, 2.75) is 0 Å². The van der Waals surface area contributed by atoms with Crippen molar-refractivity contribution in [1.82, 2.24) is 24.1 Å². The number of hydrogen-bond donors (Lipinski definition) is 0. The van der Waals surface area contributed by atoms with E-state index in [1.54, 1.807) is 6.20 Å². The van der Waals surface area contributed by atoms with Gasteiger partial charge in [-0.25, -0.2) is 4.98 Å². The highest BCUT2D eigenvalue weighted by molar-refractivity contribution is 6.09. The zero-order valence-electron chi connectivity index (χ0n) is 18.2. The number of benzene rings is 3. The molecule has 0 aliphatic rings. The van der Waals surface area contributed by atoms with Crippen LogP contribution in [0.3, 0.4) is 0 Å². The fraction of sp³-hybridized carbons (Fsp3) is 0. The normalized spacial score (nSPS) is 11.5. The Morgan fingerprint density at radius 2 is 1.24 bits per heavy atom. The molecule has 4 heterocycles. The number of rotatable bonds is 3. The first kappa shape index (κ1) is 18.8. The second-order valence-corrected chi connectivity index (χ2v) is 8.22. The summed E-state index contributed by atoms with van der Waals surface area (Å²) >= 11 is 0. The summed E-state index contributed by atoms with van der Waals surface area (Å²) in [6, 6.07) is 35.1. The largest absolute Gasteiger partial charge is 0.301 e. The van der Waals surface area contributed by atoms with E-state index in [4.69, 9.17) is 9.97 Å². The highest BCUT2D eigenvalue weighted by atomic mass is 15.2. The monoisotopic (exact) mass is 437 g/mol. The summed E-state index contributed by atoms with van der Waals surface area (Å²) < 4.78 is 4.26. The van der Waals surface area contributed by atoms with Crippen LogP contribution in [0.5, 0.6) is 0 Å². The van der Waals surface area contributed by atoms with E-state index < -0.39 is 0 Å². The van der Waals surface area contributed by atoms with E-state index in [9.17, 15) is 0 Å². The fourth-order valence-electron chi connectivity index (χ4n) is 4.74. The zero-order chi connectivity index (χ0) is 22.5. The molecule has 7 aromatic rings. The molecule has 0 N–H and O–H groups in total. The van der Waals surface area contributed by atoms with Crippen LogP contribution in [0.25, 0.3) is 55.9 Å². The molecule has 0 unspecified atom stereocenters. The number of nitrogens with zero attached hydrogens (tertiary/aromatic N) is 5. The first-order chi connectivity index (χ1) is 16.9. The molecule has 3 aromatic carbocycles. The zero-order valence-corrected chi connectivity index (χ0v) is 18.2. The Morgan fingerprint density at radius 3 is 1.94 bits per heavy atom. The summed E-state index contributed by atoms with van der Waals surface area (Å²) in [5, 5.41) is 3.33. The Balaban J connectivity index is 1.61. The van der Waals surface area contributed by atoms with Crippen molar-refractivity contribution in [2.75, 3.05) is 0 Å². The summed E-state index contributed by atoms with van der Waals surface area (Å²) in [6.45, 7) is 0. The van der Waals surface area contributed by atoms with E-state index in [-0.39, 0.29) is 0 Å². The predicted molar refractivity (Wildman–Crippen MR) is 136 cm³/mol. The van der Waals surface area contributed by atoms with Crippen molar-refractivity contribution in [3.63, 3.8) is 0 Å². The molecule has 0 bridgehead atoms. The maximum absolute atomic E-state index is 5.13. The van der Waals surface area contributed by atoms with Gasteiger partial charge in [0.05, 0.1) is 16.7 Å². The summed E-state index contributed by atoms with van der Waals surface area (Å²) in [6.07, 6.45) is 3.86. The fourth-order valence-corrected chi connectivity index (χ4v) is 4.74. The van der Waals surface area contributed by atoms with E-state index in [0.717, 1.165) is 39.1 Å². The topological polar surface area (TPSA) is 48.5 Å². The van der Waals surface area contributed by atoms with Gasteiger partial charge < -0.3 is 4.57 Å². The van der Waals surface area contributed by atoms with Crippen molar-refractivity contribution < 1.29 is 0 Å². The molecule has 5 nitrogen and oxygen atoms in total. The lowest BCUT2D eigenvalue weighted by atomic mass is 10.2. The van der Waals surface area contributed by atoms with Crippen LogP contribution >= 0.6 is 0 Å². The number of fused-ring (bicyclic) bond motifs is 4. The van der Waals surface area contributed by atoms with Gasteiger partial charge in [0.15, 0.2) is 5.65 Å². The second-order valence-electron chi connectivity index (χ2n) is 8.22. The molecular weight excluding hydrogens is 418 g/mol. The van der Waals surface area contributed by atoms with Crippen molar-refractivity contribution >= 4 is 32.8 Å². The van der Waals surface area contributed by atoms with E-state index in [1.807, 2.05) is 36.4 Å². The molecule has 0 aliphatic carbocycles. The van der Waals surface area contributed by atoms with Crippen LogP contribution in [0.15, 0.2) is 116 Å². The Kier molecular flexibility index (Phi) is 4.08. The SMILES string of the molecule is c1ccc(-n2ccc3c(-c4ccccn4)nc(-n4c5ccccc5c5ccccc54)nc32)cc1. The number of hydrogen-bond acceptors (Lipinski definition) is 3. The highest BCUT2D eigenvalue weighted by Crippen LogP contribution is 2.33. The van der Waals surface area contributed by atoms with Gasteiger partial charge in [0, 0.05) is 34.2 Å².